The summed E-state index contributed by atoms with van der Waals surface area (Å²) in [6.07, 6.45) is 0.991. The molecule has 138 valence electrons. The Bertz CT molecular complexity index is 776. The Labute approximate surface area is 164 Å². The first-order valence-corrected chi connectivity index (χ1v) is 9.25. The number of carbonyl (C=O) groups excluding carboxylic acids is 1. The van der Waals surface area contributed by atoms with E-state index < -0.39 is 0 Å². The average molecular weight is 391 g/mol. The second-order valence-corrected chi connectivity index (χ2v) is 7.19. The maximum Gasteiger partial charge on any atom is 0.257 e. The standard InChI is InChI=1S/C20H23ClN2O2S/c1-13(2)11-12-25-16-9-7-15(8-10-16)19(24)23-20(26)22-18-6-4-5-17(21)14(18)3/h4-10,13H,11-12H2,1-3H3,(H2,22,23,24,26). The number of hydrogen-bond acceptors (Lipinski definition) is 3. The number of ether oxygens (including phenoxy) is 1. The van der Waals surface area contributed by atoms with Gasteiger partial charge in [-0.1, -0.05) is 31.5 Å². The molecule has 26 heavy (non-hydrogen) atoms. The summed E-state index contributed by atoms with van der Waals surface area (Å²) in [7, 11) is 0. The summed E-state index contributed by atoms with van der Waals surface area (Å²) >= 11 is 11.3. The van der Waals surface area contributed by atoms with Crippen molar-refractivity contribution < 1.29 is 9.53 Å². The molecular formula is C20H23ClN2O2S. The molecule has 0 saturated carbocycles. The van der Waals surface area contributed by atoms with Crippen LogP contribution in [0.25, 0.3) is 0 Å². The van der Waals surface area contributed by atoms with E-state index in [2.05, 4.69) is 24.5 Å². The monoisotopic (exact) mass is 390 g/mol. The predicted molar refractivity (Wildman–Crippen MR) is 111 cm³/mol. The van der Waals surface area contributed by atoms with Gasteiger partial charge in [0.1, 0.15) is 5.75 Å². The number of benzene rings is 2. The molecule has 1 amide bonds. The molecule has 0 atom stereocenters. The van der Waals surface area contributed by atoms with Crippen molar-refractivity contribution in [3.8, 4) is 5.75 Å². The highest BCUT2D eigenvalue weighted by molar-refractivity contribution is 7.80. The van der Waals surface area contributed by atoms with Crippen LogP contribution in [0, 0.1) is 12.8 Å². The third-order valence-electron chi connectivity index (χ3n) is 3.82. The van der Waals surface area contributed by atoms with Crippen LogP contribution in [0.4, 0.5) is 5.69 Å². The molecule has 0 aliphatic heterocycles. The van der Waals surface area contributed by atoms with E-state index in [0.717, 1.165) is 23.4 Å². The number of thiocarbonyl (C=S) groups is 1. The van der Waals surface area contributed by atoms with Gasteiger partial charge in [0.25, 0.3) is 5.91 Å². The molecule has 0 aromatic heterocycles. The Morgan fingerprint density at radius 1 is 1.19 bits per heavy atom. The van der Waals surface area contributed by atoms with Crippen LogP contribution in [0.5, 0.6) is 5.75 Å². The molecule has 2 rings (SSSR count). The normalized spacial score (nSPS) is 10.5. The number of halogens is 1. The molecule has 0 radical (unpaired) electrons. The van der Waals surface area contributed by atoms with Gasteiger partial charge in [-0.2, -0.15) is 0 Å². The highest BCUT2D eigenvalue weighted by Gasteiger charge is 2.10. The van der Waals surface area contributed by atoms with Crippen molar-refractivity contribution in [1.82, 2.24) is 5.32 Å². The maximum absolute atomic E-state index is 12.3. The maximum atomic E-state index is 12.3. The molecule has 0 unspecified atom stereocenters. The van der Waals surface area contributed by atoms with E-state index in [9.17, 15) is 4.79 Å². The Kier molecular flexibility index (Phi) is 7.42. The van der Waals surface area contributed by atoms with Crippen molar-refractivity contribution in [2.24, 2.45) is 5.92 Å². The Morgan fingerprint density at radius 2 is 1.88 bits per heavy atom. The van der Waals surface area contributed by atoms with Crippen molar-refractivity contribution >= 4 is 40.5 Å². The van der Waals surface area contributed by atoms with E-state index in [0.29, 0.717) is 23.1 Å². The molecule has 0 aliphatic rings. The third kappa shape index (κ3) is 6.00. The van der Waals surface area contributed by atoms with Crippen LogP contribution in [0.1, 0.15) is 36.2 Å². The lowest BCUT2D eigenvalue weighted by Crippen LogP contribution is -2.34. The molecule has 0 saturated heterocycles. The first kappa shape index (κ1) is 20.2. The Morgan fingerprint density at radius 3 is 2.54 bits per heavy atom. The van der Waals surface area contributed by atoms with Crippen LogP contribution >= 0.6 is 23.8 Å². The van der Waals surface area contributed by atoms with Crippen molar-refractivity contribution in [1.29, 1.82) is 0 Å². The summed E-state index contributed by atoms with van der Waals surface area (Å²) in [5.41, 5.74) is 2.14. The number of anilines is 1. The zero-order valence-electron chi connectivity index (χ0n) is 15.1. The van der Waals surface area contributed by atoms with Gasteiger partial charge in [0.05, 0.1) is 6.61 Å². The minimum atomic E-state index is -0.282. The fourth-order valence-corrected chi connectivity index (χ4v) is 2.56. The van der Waals surface area contributed by atoms with E-state index in [-0.39, 0.29) is 11.0 Å². The topological polar surface area (TPSA) is 50.4 Å². The molecule has 0 aliphatic carbocycles. The van der Waals surface area contributed by atoms with Gasteiger partial charge in [-0.3, -0.25) is 10.1 Å². The zero-order valence-corrected chi connectivity index (χ0v) is 16.7. The lowest BCUT2D eigenvalue weighted by atomic mass is 10.1. The average Bonchev–Trinajstić information content (AvgIpc) is 2.59. The smallest absolute Gasteiger partial charge is 0.257 e. The number of hydrogen-bond donors (Lipinski definition) is 2. The SMILES string of the molecule is Cc1c(Cl)cccc1NC(=S)NC(=O)c1ccc(OCCC(C)C)cc1. The first-order chi connectivity index (χ1) is 12.4. The van der Waals surface area contributed by atoms with E-state index >= 15 is 0 Å². The van der Waals surface area contributed by atoms with Crippen LogP contribution in [0.3, 0.4) is 0 Å². The molecule has 0 heterocycles. The lowest BCUT2D eigenvalue weighted by molar-refractivity contribution is 0.0977. The van der Waals surface area contributed by atoms with Gasteiger partial charge in [0, 0.05) is 16.3 Å². The van der Waals surface area contributed by atoms with Gasteiger partial charge in [0.15, 0.2) is 5.11 Å². The van der Waals surface area contributed by atoms with Crippen LogP contribution in [0.15, 0.2) is 42.5 Å². The summed E-state index contributed by atoms with van der Waals surface area (Å²) in [6.45, 7) is 6.85. The number of amides is 1. The van der Waals surface area contributed by atoms with Crippen molar-refractivity contribution in [3.63, 3.8) is 0 Å². The molecule has 0 bridgehead atoms. The van der Waals surface area contributed by atoms with Gasteiger partial charge in [-0.15, -0.1) is 0 Å². The Hall–Kier alpha value is -2.11. The van der Waals surface area contributed by atoms with Crippen LogP contribution in [-0.2, 0) is 0 Å². The first-order valence-electron chi connectivity index (χ1n) is 8.47. The largest absolute Gasteiger partial charge is 0.494 e. The number of nitrogens with one attached hydrogen (secondary N) is 2. The van der Waals surface area contributed by atoms with Gasteiger partial charge >= 0.3 is 0 Å². The molecule has 6 heteroatoms. The van der Waals surface area contributed by atoms with Gasteiger partial charge in [-0.05, 0) is 73.4 Å². The summed E-state index contributed by atoms with van der Waals surface area (Å²) in [6, 6.07) is 12.5. The van der Waals surface area contributed by atoms with Crippen LogP contribution in [0.2, 0.25) is 5.02 Å². The van der Waals surface area contributed by atoms with E-state index in [1.807, 2.05) is 19.1 Å². The van der Waals surface area contributed by atoms with Gasteiger partial charge in [-0.25, -0.2) is 0 Å². The van der Waals surface area contributed by atoms with Gasteiger partial charge in [0.2, 0.25) is 0 Å². The molecule has 2 aromatic carbocycles. The number of carbonyl (C=O) groups is 1. The molecular weight excluding hydrogens is 368 g/mol. The van der Waals surface area contributed by atoms with Crippen LogP contribution in [-0.4, -0.2) is 17.6 Å². The second kappa shape index (κ2) is 9.55. The lowest BCUT2D eigenvalue weighted by Gasteiger charge is -2.13. The minimum Gasteiger partial charge on any atom is -0.494 e. The predicted octanol–water partition coefficient (Wildman–Crippen LogP) is 5.20. The van der Waals surface area contributed by atoms with Crippen molar-refractivity contribution in [3.05, 3.63) is 58.6 Å². The highest BCUT2D eigenvalue weighted by Crippen LogP contribution is 2.22. The number of rotatable bonds is 6. The minimum absolute atomic E-state index is 0.220. The Balaban J connectivity index is 1.90. The third-order valence-corrected chi connectivity index (χ3v) is 4.44. The molecule has 0 fully saturated rings. The van der Waals surface area contributed by atoms with E-state index in [4.69, 9.17) is 28.6 Å². The fraction of sp³-hybridized carbons (Fsp3) is 0.300. The van der Waals surface area contributed by atoms with Crippen molar-refractivity contribution in [2.75, 3.05) is 11.9 Å². The van der Waals surface area contributed by atoms with E-state index in [1.165, 1.54) is 0 Å². The summed E-state index contributed by atoms with van der Waals surface area (Å²) in [4.78, 5) is 12.3. The summed E-state index contributed by atoms with van der Waals surface area (Å²) in [5.74, 6) is 1.06. The summed E-state index contributed by atoms with van der Waals surface area (Å²) < 4.78 is 5.65. The van der Waals surface area contributed by atoms with Gasteiger partial charge < -0.3 is 10.1 Å². The summed E-state index contributed by atoms with van der Waals surface area (Å²) in [5, 5.41) is 6.51. The highest BCUT2D eigenvalue weighted by atomic mass is 35.5. The quantitative estimate of drug-likeness (QED) is 0.665. The molecule has 2 N–H and O–H groups in total. The fourth-order valence-electron chi connectivity index (χ4n) is 2.19. The molecule has 0 spiro atoms. The van der Waals surface area contributed by atoms with Crippen molar-refractivity contribution in [2.45, 2.75) is 27.2 Å². The molecule has 2 aromatic rings. The van der Waals surface area contributed by atoms with E-state index in [1.54, 1.807) is 30.3 Å². The molecule has 4 nitrogen and oxygen atoms in total. The second-order valence-electron chi connectivity index (χ2n) is 6.38. The van der Waals surface area contributed by atoms with Crippen LogP contribution < -0.4 is 15.4 Å². The zero-order chi connectivity index (χ0) is 19.1.